The molecule has 0 saturated carbocycles. The van der Waals surface area contributed by atoms with E-state index < -0.39 is 5.97 Å². The van der Waals surface area contributed by atoms with Crippen LogP contribution in [0.1, 0.15) is 35.8 Å². The molecular formula is C13H16N2O2. The highest BCUT2D eigenvalue weighted by molar-refractivity contribution is 5.88. The maximum atomic E-state index is 11.0. The summed E-state index contributed by atoms with van der Waals surface area (Å²) in [6.45, 7) is 4.34. The summed E-state index contributed by atoms with van der Waals surface area (Å²) in [7, 11) is 1.79. The first-order valence-corrected chi connectivity index (χ1v) is 5.35. The second-order valence-corrected chi connectivity index (χ2v) is 4.16. The number of carboxylic acid groups (broad SMARTS) is 1. The van der Waals surface area contributed by atoms with Gasteiger partial charge in [0.2, 0.25) is 0 Å². The lowest BCUT2D eigenvalue weighted by atomic mass is 10.1. The zero-order valence-electron chi connectivity index (χ0n) is 10.3. The minimum atomic E-state index is -0.954. The number of carboxylic acids is 1. The van der Waals surface area contributed by atoms with Crippen molar-refractivity contribution in [2.75, 3.05) is 18.5 Å². The van der Waals surface area contributed by atoms with Gasteiger partial charge in [-0.15, -0.1) is 6.42 Å². The maximum Gasteiger partial charge on any atom is 0.335 e. The molecule has 0 saturated heterocycles. The third kappa shape index (κ3) is 3.22. The predicted molar refractivity (Wildman–Crippen MR) is 67.4 cm³/mol. The summed E-state index contributed by atoms with van der Waals surface area (Å²) in [6, 6.07) is 3.13. The van der Waals surface area contributed by atoms with Crippen molar-refractivity contribution in [3.05, 3.63) is 23.4 Å². The Hall–Kier alpha value is -2.02. The maximum absolute atomic E-state index is 11.0. The zero-order valence-corrected chi connectivity index (χ0v) is 10.3. The Bertz CT molecular complexity index is 461. The summed E-state index contributed by atoms with van der Waals surface area (Å²) >= 11 is 0. The number of terminal acetylenes is 1. The van der Waals surface area contributed by atoms with Gasteiger partial charge >= 0.3 is 5.97 Å². The minimum absolute atomic E-state index is 0.173. The summed E-state index contributed by atoms with van der Waals surface area (Å²) < 4.78 is 0. The molecule has 17 heavy (non-hydrogen) atoms. The number of aromatic nitrogens is 1. The van der Waals surface area contributed by atoms with Crippen molar-refractivity contribution in [1.82, 2.24) is 4.98 Å². The molecule has 4 nitrogen and oxygen atoms in total. The van der Waals surface area contributed by atoms with Gasteiger partial charge in [-0.25, -0.2) is 9.78 Å². The van der Waals surface area contributed by atoms with E-state index in [2.05, 4.69) is 10.9 Å². The smallest absolute Gasteiger partial charge is 0.335 e. The summed E-state index contributed by atoms with van der Waals surface area (Å²) in [4.78, 5) is 17.2. The number of rotatable bonds is 4. The van der Waals surface area contributed by atoms with Crippen LogP contribution in [0.25, 0.3) is 0 Å². The number of hydrogen-bond donors (Lipinski definition) is 1. The average Bonchev–Trinajstić information content (AvgIpc) is 2.28. The highest BCUT2D eigenvalue weighted by Gasteiger charge is 2.12. The first-order chi connectivity index (χ1) is 7.95. The largest absolute Gasteiger partial charge is 0.478 e. The van der Waals surface area contributed by atoms with Crippen molar-refractivity contribution < 1.29 is 9.90 Å². The van der Waals surface area contributed by atoms with E-state index in [0.29, 0.717) is 12.4 Å². The van der Waals surface area contributed by atoms with Crippen molar-refractivity contribution in [3.8, 4) is 12.3 Å². The Kier molecular flexibility index (Phi) is 4.11. The number of pyridine rings is 1. The molecular weight excluding hydrogens is 216 g/mol. The van der Waals surface area contributed by atoms with E-state index in [-0.39, 0.29) is 11.5 Å². The summed E-state index contributed by atoms with van der Waals surface area (Å²) in [5.41, 5.74) is 0.992. The van der Waals surface area contributed by atoms with E-state index in [1.165, 1.54) is 6.07 Å². The van der Waals surface area contributed by atoms with Gasteiger partial charge in [0.05, 0.1) is 12.1 Å². The number of aromatic carboxylic acids is 1. The fourth-order valence-corrected chi connectivity index (χ4v) is 1.37. The molecule has 0 bridgehead atoms. The molecule has 0 aliphatic rings. The van der Waals surface area contributed by atoms with Gasteiger partial charge in [-0.2, -0.15) is 0 Å². The third-order valence-corrected chi connectivity index (χ3v) is 2.39. The highest BCUT2D eigenvalue weighted by Crippen LogP contribution is 2.19. The highest BCUT2D eigenvalue weighted by atomic mass is 16.4. The molecule has 1 rings (SSSR count). The Balaban J connectivity index is 3.22. The quantitative estimate of drug-likeness (QED) is 0.806. The van der Waals surface area contributed by atoms with Crippen LogP contribution in [0, 0.1) is 12.3 Å². The van der Waals surface area contributed by atoms with Crippen LogP contribution in [0.5, 0.6) is 0 Å². The summed E-state index contributed by atoms with van der Waals surface area (Å²) in [5.74, 6) is 2.31. The van der Waals surface area contributed by atoms with Crippen LogP contribution >= 0.6 is 0 Å². The van der Waals surface area contributed by atoms with Crippen LogP contribution in [-0.4, -0.2) is 29.7 Å². The molecule has 90 valence electrons. The summed E-state index contributed by atoms with van der Waals surface area (Å²) in [6.07, 6.45) is 5.23. The SMILES string of the molecule is C#CCN(C)c1cc(C(=O)O)cc(C(C)C)n1. The van der Waals surface area contributed by atoms with Gasteiger partial charge in [0.1, 0.15) is 5.82 Å². The van der Waals surface area contributed by atoms with Gasteiger partial charge in [0.15, 0.2) is 0 Å². The Morgan fingerprint density at radius 3 is 2.71 bits per heavy atom. The van der Waals surface area contributed by atoms with Gasteiger partial charge in [-0.3, -0.25) is 0 Å². The Morgan fingerprint density at radius 2 is 2.24 bits per heavy atom. The van der Waals surface area contributed by atoms with E-state index in [0.717, 1.165) is 5.69 Å². The second-order valence-electron chi connectivity index (χ2n) is 4.16. The zero-order chi connectivity index (χ0) is 13.0. The molecule has 0 radical (unpaired) electrons. The molecule has 0 spiro atoms. The van der Waals surface area contributed by atoms with Gasteiger partial charge < -0.3 is 10.0 Å². The summed E-state index contributed by atoms with van der Waals surface area (Å²) in [5, 5.41) is 9.04. The third-order valence-electron chi connectivity index (χ3n) is 2.39. The van der Waals surface area contributed by atoms with Crippen molar-refractivity contribution in [2.24, 2.45) is 0 Å². The molecule has 0 atom stereocenters. The Morgan fingerprint density at radius 1 is 1.59 bits per heavy atom. The first kappa shape index (κ1) is 13.0. The van der Waals surface area contributed by atoms with Crippen LogP contribution < -0.4 is 4.90 Å². The molecule has 0 aliphatic carbocycles. The van der Waals surface area contributed by atoms with E-state index in [9.17, 15) is 4.79 Å². The number of anilines is 1. The number of nitrogens with zero attached hydrogens (tertiary/aromatic N) is 2. The topological polar surface area (TPSA) is 53.4 Å². The molecule has 1 N–H and O–H groups in total. The lowest BCUT2D eigenvalue weighted by Gasteiger charge is -2.17. The van der Waals surface area contributed by atoms with Gasteiger partial charge in [0.25, 0.3) is 0 Å². The number of carbonyl (C=O) groups is 1. The van der Waals surface area contributed by atoms with Crippen LogP contribution in [0.3, 0.4) is 0 Å². The standard InChI is InChI=1S/C13H16N2O2/c1-5-6-15(4)12-8-10(13(16)17)7-11(14-12)9(2)3/h1,7-9H,6H2,2-4H3,(H,16,17). The second kappa shape index (κ2) is 5.35. The molecule has 0 aromatic carbocycles. The molecule has 0 aliphatic heterocycles. The molecule has 1 aromatic rings. The van der Waals surface area contributed by atoms with Crippen LogP contribution in [0.15, 0.2) is 12.1 Å². The molecule has 4 heteroatoms. The van der Waals surface area contributed by atoms with Crippen molar-refractivity contribution in [2.45, 2.75) is 19.8 Å². The molecule has 1 aromatic heterocycles. The van der Waals surface area contributed by atoms with Crippen molar-refractivity contribution >= 4 is 11.8 Å². The fourth-order valence-electron chi connectivity index (χ4n) is 1.37. The molecule has 0 amide bonds. The lowest BCUT2D eigenvalue weighted by molar-refractivity contribution is 0.0696. The average molecular weight is 232 g/mol. The van der Waals surface area contributed by atoms with Crippen molar-refractivity contribution in [3.63, 3.8) is 0 Å². The molecule has 1 heterocycles. The van der Waals surface area contributed by atoms with Gasteiger partial charge in [-0.05, 0) is 18.1 Å². The van der Waals surface area contributed by atoms with Gasteiger partial charge in [-0.1, -0.05) is 19.8 Å². The van der Waals surface area contributed by atoms with Crippen LogP contribution in [0.2, 0.25) is 0 Å². The Labute approximate surface area is 101 Å². The van der Waals surface area contributed by atoms with Gasteiger partial charge in [0, 0.05) is 12.7 Å². The van der Waals surface area contributed by atoms with E-state index in [1.807, 2.05) is 13.8 Å². The number of hydrogen-bond acceptors (Lipinski definition) is 3. The lowest BCUT2D eigenvalue weighted by Crippen LogP contribution is -2.19. The predicted octanol–water partition coefficient (Wildman–Crippen LogP) is 1.97. The monoisotopic (exact) mass is 232 g/mol. The van der Waals surface area contributed by atoms with Crippen LogP contribution in [-0.2, 0) is 0 Å². The van der Waals surface area contributed by atoms with E-state index in [1.54, 1.807) is 18.0 Å². The molecule has 0 fully saturated rings. The molecule has 0 unspecified atom stereocenters. The minimum Gasteiger partial charge on any atom is -0.478 e. The fraction of sp³-hybridized carbons (Fsp3) is 0.385. The van der Waals surface area contributed by atoms with E-state index in [4.69, 9.17) is 11.5 Å². The van der Waals surface area contributed by atoms with Crippen LogP contribution in [0.4, 0.5) is 5.82 Å². The van der Waals surface area contributed by atoms with Crippen molar-refractivity contribution in [1.29, 1.82) is 0 Å². The first-order valence-electron chi connectivity index (χ1n) is 5.35. The normalized spacial score (nSPS) is 10.1. The van der Waals surface area contributed by atoms with E-state index >= 15 is 0 Å².